The minimum Gasteiger partial charge on any atom is -0.493 e. The molecule has 2 aliphatic rings. The Labute approximate surface area is 189 Å². The van der Waals surface area contributed by atoms with Gasteiger partial charge in [0.2, 0.25) is 11.8 Å². The molecule has 2 aromatic rings. The van der Waals surface area contributed by atoms with Crippen LogP contribution in [0, 0.1) is 5.92 Å². The number of aromatic nitrogens is 1. The Bertz CT molecular complexity index is 949. The molecule has 4 rings (SSSR count). The number of piperidine rings is 1. The van der Waals surface area contributed by atoms with E-state index in [4.69, 9.17) is 9.47 Å². The highest BCUT2D eigenvalue weighted by molar-refractivity contribution is 5.89. The van der Waals surface area contributed by atoms with Crippen molar-refractivity contribution in [3.8, 4) is 11.5 Å². The predicted molar refractivity (Wildman–Crippen MR) is 120 cm³/mol. The predicted octanol–water partition coefficient (Wildman–Crippen LogP) is 3.24. The van der Waals surface area contributed by atoms with Crippen LogP contribution < -0.4 is 9.47 Å². The van der Waals surface area contributed by atoms with E-state index in [1.54, 1.807) is 20.4 Å². The lowest BCUT2D eigenvalue weighted by atomic mass is 9.94. The Hall–Kier alpha value is -3.09. The maximum absolute atomic E-state index is 13.4. The van der Waals surface area contributed by atoms with Crippen molar-refractivity contribution < 1.29 is 19.1 Å². The van der Waals surface area contributed by atoms with E-state index >= 15 is 0 Å². The molecule has 2 aliphatic heterocycles. The molecule has 7 heteroatoms. The van der Waals surface area contributed by atoms with Crippen molar-refractivity contribution in [2.24, 2.45) is 5.92 Å². The molecule has 0 N–H and O–H groups in total. The van der Waals surface area contributed by atoms with Gasteiger partial charge in [0.1, 0.15) is 0 Å². The van der Waals surface area contributed by atoms with Crippen LogP contribution in [0.2, 0.25) is 0 Å². The minimum atomic E-state index is -0.273. The van der Waals surface area contributed by atoms with Gasteiger partial charge in [0.15, 0.2) is 11.5 Å². The zero-order valence-corrected chi connectivity index (χ0v) is 18.8. The molecule has 0 bridgehead atoms. The van der Waals surface area contributed by atoms with Crippen LogP contribution in [0.1, 0.15) is 42.9 Å². The highest BCUT2D eigenvalue weighted by Crippen LogP contribution is 2.33. The number of rotatable bonds is 7. The summed E-state index contributed by atoms with van der Waals surface area (Å²) in [4.78, 5) is 34.1. The van der Waals surface area contributed by atoms with Crippen LogP contribution in [0.4, 0.5) is 0 Å². The molecule has 0 spiro atoms. The summed E-state index contributed by atoms with van der Waals surface area (Å²) in [5.74, 6) is 1.24. The number of benzene rings is 1. The fourth-order valence-electron chi connectivity index (χ4n) is 4.80. The van der Waals surface area contributed by atoms with Crippen molar-refractivity contribution in [1.82, 2.24) is 14.8 Å². The van der Waals surface area contributed by atoms with E-state index in [1.165, 1.54) is 0 Å². The Balaban J connectivity index is 1.39. The number of nitrogens with zero attached hydrogens (tertiary/aromatic N) is 3. The first-order valence-electron chi connectivity index (χ1n) is 11.3. The second-order valence-corrected chi connectivity index (χ2v) is 8.51. The normalized spacial score (nSPS) is 21.0. The van der Waals surface area contributed by atoms with Crippen LogP contribution in [0.25, 0.3) is 0 Å². The third-order valence-electron chi connectivity index (χ3n) is 6.54. The third-order valence-corrected chi connectivity index (χ3v) is 6.54. The van der Waals surface area contributed by atoms with Gasteiger partial charge in [-0.2, -0.15) is 0 Å². The summed E-state index contributed by atoms with van der Waals surface area (Å²) in [5, 5.41) is 0. The van der Waals surface area contributed by atoms with Crippen molar-refractivity contribution in [2.75, 3.05) is 33.9 Å². The van der Waals surface area contributed by atoms with Gasteiger partial charge in [-0.05, 0) is 55.0 Å². The van der Waals surface area contributed by atoms with Gasteiger partial charge in [0, 0.05) is 38.4 Å². The summed E-state index contributed by atoms with van der Waals surface area (Å²) in [6, 6.07) is 9.81. The van der Waals surface area contributed by atoms with E-state index in [0.717, 1.165) is 36.9 Å². The van der Waals surface area contributed by atoms with Crippen LogP contribution in [-0.2, 0) is 16.0 Å². The Morgan fingerprint density at radius 1 is 1.16 bits per heavy atom. The number of methoxy groups -OCH3 is 2. The van der Waals surface area contributed by atoms with Crippen molar-refractivity contribution in [3.05, 3.63) is 53.9 Å². The van der Waals surface area contributed by atoms with E-state index in [0.29, 0.717) is 37.4 Å². The van der Waals surface area contributed by atoms with Gasteiger partial charge in [-0.3, -0.25) is 14.6 Å². The van der Waals surface area contributed by atoms with Gasteiger partial charge in [0.25, 0.3) is 0 Å². The molecule has 3 heterocycles. The Morgan fingerprint density at radius 2 is 2.00 bits per heavy atom. The van der Waals surface area contributed by atoms with Crippen molar-refractivity contribution in [3.63, 3.8) is 0 Å². The molecule has 32 heavy (non-hydrogen) atoms. The molecule has 2 atom stereocenters. The monoisotopic (exact) mass is 437 g/mol. The number of carbonyl (C=O) groups excluding carboxylic acids is 2. The fraction of sp³-hybridized carbons (Fsp3) is 0.480. The van der Waals surface area contributed by atoms with Gasteiger partial charge in [-0.1, -0.05) is 12.1 Å². The maximum atomic E-state index is 13.4. The van der Waals surface area contributed by atoms with E-state index in [9.17, 15) is 9.59 Å². The summed E-state index contributed by atoms with van der Waals surface area (Å²) in [6.07, 6.45) is 7.66. The van der Waals surface area contributed by atoms with Gasteiger partial charge in [0.05, 0.1) is 26.2 Å². The van der Waals surface area contributed by atoms with Crippen molar-refractivity contribution >= 4 is 11.8 Å². The van der Waals surface area contributed by atoms with Crippen molar-refractivity contribution in [2.45, 2.75) is 38.1 Å². The fourth-order valence-corrected chi connectivity index (χ4v) is 4.80. The Morgan fingerprint density at radius 3 is 2.75 bits per heavy atom. The molecule has 1 unspecified atom stereocenters. The van der Waals surface area contributed by atoms with Crippen LogP contribution in [0.5, 0.6) is 11.5 Å². The standard InChI is InChI=1S/C25H31N3O4/c1-31-22-9-8-18(14-23(22)32-2)10-13-27-17-20(15-24(27)29)25(30)28-12-4-3-7-21(28)19-6-5-11-26-16-19/h5-6,8-9,11,14,16,20-21H,3-4,7,10,12-13,15,17H2,1-2H3/t20?,21-/m1/s1. The Kier molecular flexibility index (Phi) is 6.93. The molecule has 170 valence electrons. The molecular formula is C25H31N3O4. The highest BCUT2D eigenvalue weighted by atomic mass is 16.5. The lowest BCUT2D eigenvalue weighted by Gasteiger charge is -2.37. The molecule has 0 saturated carbocycles. The number of amides is 2. The first-order valence-corrected chi connectivity index (χ1v) is 11.3. The zero-order chi connectivity index (χ0) is 22.5. The third kappa shape index (κ3) is 4.71. The molecule has 0 aliphatic carbocycles. The van der Waals surface area contributed by atoms with Gasteiger partial charge in [-0.25, -0.2) is 0 Å². The van der Waals surface area contributed by atoms with Crippen molar-refractivity contribution in [1.29, 1.82) is 0 Å². The zero-order valence-electron chi connectivity index (χ0n) is 18.8. The van der Waals surface area contributed by atoms with Crippen LogP contribution in [0.3, 0.4) is 0 Å². The molecule has 2 amide bonds. The lowest BCUT2D eigenvalue weighted by Crippen LogP contribution is -2.42. The first kappa shape index (κ1) is 22.1. The first-order chi connectivity index (χ1) is 15.6. The second kappa shape index (κ2) is 10.0. The lowest BCUT2D eigenvalue weighted by molar-refractivity contribution is -0.139. The number of carbonyl (C=O) groups is 2. The summed E-state index contributed by atoms with van der Waals surface area (Å²) in [7, 11) is 3.22. The van der Waals surface area contributed by atoms with Gasteiger partial charge >= 0.3 is 0 Å². The van der Waals surface area contributed by atoms with Gasteiger partial charge in [-0.15, -0.1) is 0 Å². The smallest absolute Gasteiger partial charge is 0.228 e. The quantitative estimate of drug-likeness (QED) is 0.665. The molecule has 0 radical (unpaired) electrons. The highest BCUT2D eigenvalue weighted by Gasteiger charge is 2.39. The minimum absolute atomic E-state index is 0.0544. The average Bonchev–Trinajstić information content (AvgIpc) is 3.23. The SMILES string of the molecule is COc1ccc(CCN2CC(C(=O)N3CCCC[C@@H]3c3cccnc3)CC2=O)cc1OC. The second-order valence-electron chi connectivity index (χ2n) is 8.51. The molecule has 7 nitrogen and oxygen atoms in total. The van der Waals surface area contributed by atoms with E-state index < -0.39 is 0 Å². The number of hydrogen-bond acceptors (Lipinski definition) is 5. The average molecular weight is 438 g/mol. The van der Waals surface area contributed by atoms with E-state index in [1.807, 2.05) is 46.3 Å². The summed E-state index contributed by atoms with van der Waals surface area (Å²) >= 11 is 0. The van der Waals surface area contributed by atoms with Gasteiger partial charge < -0.3 is 19.3 Å². The summed E-state index contributed by atoms with van der Waals surface area (Å²) in [6.45, 7) is 1.82. The van der Waals surface area contributed by atoms with E-state index in [2.05, 4.69) is 4.98 Å². The summed E-state index contributed by atoms with van der Waals surface area (Å²) < 4.78 is 10.7. The number of pyridine rings is 1. The number of hydrogen-bond donors (Lipinski definition) is 0. The number of ether oxygens (including phenoxy) is 2. The summed E-state index contributed by atoms with van der Waals surface area (Å²) in [5.41, 5.74) is 2.15. The number of likely N-dealkylation sites (tertiary alicyclic amines) is 2. The maximum Gasteiger partial charge on any atom is 0.228 e. The molecule has 1 aromatic carbocycles. The molecule has 1 aromatic heterocycles. The van der Waals surface area contributed by atoms with Crippen LogP contribution >= 0.6 is 0 Å². The molecule has 2 saturated heterocycles. The molecular weight excluding hydrogens is 406 g/mol. The topological polar surface area (TPSA) is 72.0 Å². The largest absolute Gasteiger partial charge is 0.493 e. The van der Waals surface area contributed by atoms with Crippen LogP contribution in [-0.4, -0.2) is 60.5 Å². The van der Waals surface area contributed by atoms with Crippen LogP contribution in [0.15, 0.2) is 42.7 Å². The molecule has 2 fully saturated rings. The van der Waals surface area contributed by atoms with E-state index in [-0.39, 0.29) is 23.8 Å².